The normalized spacial score (nSPS) is 42.9. The van der Waals surface area contributed by atoms with E-state index < -0.39 is 0 Å². The SMILES string of the molecule is COCCC1(CN)CC2CCC1C2. The molecule has 2 saturated carbocycles. The number of hydrogen-bond donors (Lipinski definition) is 1. The lowest BCUT2D eigenvalue weighted by Crippen LogP contribution is -2.36. The van der Waals surface area contributed by atoms with Gasteiger partial charge in [-0.1, -0.05) is 6.42 Å². The smallest absolute Gasteiger partial charge is 0.0468 e. The maximum absolute atomic E-state index is 5.94. The van der Waals surface area contributed by atoms with Crippen LogP contribution in [0.2, 0.25) is 0 Å². The summed E-state index contributed by atoms with van der Waals surface area (Å²) in [5, 5.41) is 0. The van der Waals surface area contributed by atoms with Crippen molar-refractivity contribution in [3.05, 3.63) is 0 Å². The second kappa shape index (κ2) is 3.58. The molecule has 0 spiro atoms. The van der Waals surface area contributed by atoms with Crippen LogP contribution >= 0.6 is 0 Å². The monoisotopic (exact) mass is 183 g/mol. The Labute approximate surface area is 80.8 Å². The molecule has 0 heterocycles. The first-order chi connectivity index (χ1) is 6.30. The average molecular weight is 183 g/mol. The zero-order chi connectivity index (χ0) is 9.31. The Morgan fingerprint density at radius 2 is 2.31 bits per heavy atom. The van der Waals surface area contributed by atoms with Gasteiger partial charge in [0.25, 0.3) is 0 Å². The number of hydrogen-bond acceptors (Lipinski definition) is 2. The summed E-state index contributed by atoms with van der Waals surface area (Å²) in [6.07, 6.45) is 6.88. The van der Waals surface area contributed by atoms with Crippen LogP contribution in [0.1, 0.15) is 32.1 Å². The van der Waals surface area contributed by atoms with Gasteiger partial charge < -0.3 is 10.5 Å². The van der Waals surface area contributed by atoms with Crippen LogP contribution in [-0.4, -0.2) is 20.3 Å². The van der Waals surface area contributed by atoms with Gasteiger partial charge in [0, 0.05) is 13.7 Å². The highest BCUT2D eigenvalue weighted by molar-refractivity contribution is 5.00. The van der Waals surface area contributed by atoms with Gasteiger partial charge in [-0.3, -0.25) is 0 Å². The molecule has 0 saturated heterocycles. The second-order valence-corrected chi connectivity index (χ2v) is 4.89. The van der Waals surface area contributed by atoms with Crippen LogP contribution in [0.3, 0.4) is 0 Å². The summed E-state index contributed by atoms with van der Waals surface area (Å²) in [6, 6.07) is 0. The molecule has 2 aliphatic carbocycles. The average Bonchev–Trinajstić information content (AvgIpc) is 2.74. The van der Waals surface area contributed by atoms with Gasteiger partial charge in [0.05, 0.1) is 0 Å². The van der Waals surface area contributed by atoms with Gasteiger partial charge in [-0.05, 0) is 49.5 Å². The van der Waals surface area contributed by atoms with Crippen molar-refractivity contribution < 1.29 is 4.74 Å². The standard InChI is InChI=1S/C11H21NO/c1-13-5-4-11(8-12)7-9-2-3-10(11)6-9/h9-10H,2-8,12H2,1H3. The molecule has 2 nitrogen and oxygen atoms in total. The minimum Gasteiger partial charge on any atom is -0.385 e. The first-order valence-corrected chi connectivity index (χ1v) is 5.50. The molecule has 3 unspecified atom stereocenters. The highest BCUT2D eigenvalue weighted by Gasteiger charge is 2.49. The second-order valence-electron chi connectivity index (χ2n) is 4.89. The zero-order valence-corrected chi connectivity index (χ0v) is 8.59. The van der Waals surface area contributed by atoms with E-state index in [1.807, 2.05) is 0 Å². The Hall–Kier alpha value is -0.0800. The minimum atomic E-state index is 0.457. The van der Waals surface area contributed by atoms with Crippen LogP contribution in [0, 0.1) is 17.3 Å². The molecule has 2 rings (SSSR count). The predicted octanol–water partition coefficient (Wildman–Crippen LogP) is 1.79. The number of nitrogens with two attached hydrogens (primary N) is 1. The molecular formula is C11H21NO. The van der Waals surface area contributed by atoms with E-state index >= 15 is 0 Å². The number of methoxy groups -OCH3 is 1. The van der Waals surface area contributed by atoms with E-state index in [0.29, 0.717) is 5.41 Å². The minimum absolute atomic E-state index is 0.457. The molecule has 76 valence electrons. The molecule has 2 aliphatic rings. The number of ether oxygens (including phenoxy) is 1. The van der Waals surface area contributed by atoms with Gasteiger partial charge in [-0.15, -0.1) is 0 Å². The molecule has 0 radical (unpaired) electrons. The zero-order valence-electron chi connectivity index (χ0n) is 8.59. The van der Waals surface area contributed by atoms with Crippen molar-refractivity contribution in [1.29, 1.82) is 0 Å². The van der Waals surface area contributed by atoms with Crippen LogP contribution in [0.15, 0.2) is 0 Å². The third-order valence-corrected chi connectivity index (χ3v) is 4.31. The van der Waals surface area contributed by atoms with Gasteiger partial charge in [0.2, 0.25) is 0 Å². The highest BCUT2D eigenvalue weighted by Crippen LogP contribution is 2.56. The fourth-order valence-electron chi connectivity index (χ4n) is 3.52. The Morgan fingerprint density at radius 1 is 1.46 bits per heavy atom. The fraction of sp³-hybridized carbons (Fsp3) is 1.00. The number of rotatable bonds is 4. The van der Waals surface area contributed by atoms with Crippen molar-refractivity contribution in [3.63, 3.8) is 0 Å². The number of fused-ring (bicyclic) bond motifs is 2. The largest absolute Gasteiger partial charge is 0.385 e. The van der Waals surface area contributed by atoms with Crippen molar-refractivity contribution in [1.82, 2.24) is 0 Å². The third-order valence-electron chi connectivity index (χ3n) is 4.31. The summed E-state index contributed by atoms with van der Waals surface area (Å²) in [6.45, 7) is 1.76. The van der Waals surface area contributed by atoms with Crippen molar-refractivity contribution in [2.24, 2.45) is 23.0 Å². The molecule has 0 aromatic rings. The van der Waals surface area contributed by atoms with E-state index in [1.54, 1.807) is 7.11 Å². The molecule has 2 bridgehead atoms. The lowest BCUT2D eigenvalue weighted by atomic mass is 9.71. The van der Waals surface area contributed by atoms with Crippen LogP contribution in [0.5, 0.6) is 0 Å². The quantitative estimate of drug-likeness (QED) is 0.721. The highest BCUT2D eigenvalue weighted by atomic mass is 16.5. The summed E-state index contributed by atoms with van der Waals surface area (Å²) < 4.78 is 5.18. The maximum atomic E-state index is 5.94. The Balaban J connectivity index is 1.99. The van der Waals surface area contributed by atoms with Crippen LogP contribution in [-0.2, 0) is 4.74 Å². The molecule has 2 heteroatoms. The van der Waals surface area contributed by atoms with Gasteiger partial charge in [0.15, 0.2) is 0 Å². The van der Waals surface area contributed by atoms with Crippen molar-refractivity contribution in [2.75, 3.05) is 20.3 Å². The molecule has 2 N–H and O–H groups in total. The Morgan fingerprint density at radius 3 is 2.77 bits per heavy atom. The third kappa shape index (κ3) is 1.50. The first kappa shape index (κ1) is 9.47. The molecule has 0 aromatic heterocycles. The van der Waals surface area contributed by atoms with E-state index in [-0.39, 0.29) is 0 Å². The maximum Gasteiger partial charge on any atom is 0.0468 e. The Kier molecular flexibility index (Phi) is 2.61. The first-order valence-electron chi connectivity index (χ1n) is 5.50. The van der Waals surface area contributed by atoms with Crippen LogP contribution in [0.4, 0.5) is 0 Å². The summed E-state index contributed by atoms with van der Waals surface area (Å²) in [7, 11) is 1.79. The van der Waals surface area contributed by atoms with Gasteiger partial charge in [0.1, 0.15) is 0 Å². The summed E-state index contributed by atoms with van der Waals surface area (Å²) in [4.78, 5) is 0. The molecule has 13 heavy (non-hydrogen) atoms. The summed E-state index contributed by atoms with van der Waals surface area (Å²) >= 11 is 0. The fourth-order valence-corrected chi connectivity index (χ4v) is 3.52. The summed E-state index contributed by atoms with van der Waals surface area (Å²) in [5.74, 6) is 1.91. The summed E-state index contributed by atoms with van der Waals surface area (Å²) in [5.41, 5.74) is 6.40. The van der Waals surface area contributed by atoms with E-state index in [9.17, 15) is 0 Å². The topological polar surface area (TPSA) is 35.2 Å². The van der Waals surface area contributed by atoms with Crippen molar-refractivity contribution in [3.8, 4) is 0 Å². The molecule has 0 aromatic carbocycles. The van der Waals surface area contributed by atoms with Crippen molar-refractivity contribution >= 4 is 0 Å². The van der Waals surface area contributed by atoms with Gasteiger partial charge in [-0.2, -0.15) is 0 Å². The molecular weight excluding hydrogens is 162 g/mol. The van der Waals surface area contributed by atoms with E-state index in [4.69, 9.17) is 10.5 Å². The molecule has 0 amide bonds. The molecule has 2 fully saturated rings. The van der Waals surface area contributed by atoms with E-state index in [0.717, 1.165) is 25.0 Å². The predicted molar refractivity (Wildman–Crippen MR) is 53.4 cm³/mol. The molecule has 3 atom stereocenters. The van der Waals surface area contributed by atoms with E-state index in [1.165, 1.54) is 32.1 Å². The lowest BCUT2D eigenvalue weighted by molar-refractivity contribution is 0.0946. The van der Waals surface area contributed by atoms with Gasteiger partial charge >= 0.3 is 0 Å². The van der Waals surface area contributed by atoms with Gasteiger partial charge in [-0.25, -0.2) is 0 Å². The van der Waals surface area contributed by atoms with Crippen molar-refractivity contribution in [2.45, 2.75) is 32.1 Å². The lowest BCUT2D eigenvalue weighted by Gasteiger charge is -2.36. The van der Waals surface area contributed by atoms with E-state index in [2.05, 4.69) is 0 Å². The van der Waals surface area contributed by atoms with Crippen LogP contribution in [0.25, 0.3) is 0 Å². The molecule has 0 aliphatic heterocycles. The Bertz CT molecular complexity index is 183. The van der Waals surface area contributed by atoms with Crippen LogP contribution < -0.4 is 5.73 Å².